The molecule has 8 aromatic carbocycles. The number of hydrogen-bond donors (Lipinski definition) is 0. The monoisotopic (exact) mass is 702 g/mol. The molecule has 256 valence electrons. The number of furan rings is 1. The second-order valence-corrected chi connectivity index (χ2v) is 13.5. The minimum atomic E-state index is 0.548. The zero-order valence-electron chi connectivity index (χ0n) is 29.5. The van der Waals surface area contributed by atoms with Gasteiger partial charge in [0.05, 0.1) is 11.6 Å². The Labute approximate surface area is 317 Å². The molecule has 5 nitrogen and oxygen atoms in total. The van der Waals surface area contributed by atoms with Crippen molar-refractivity contribution in [1.82, 2.24) is 15.0 Å². The largest absolute Gasteiger partial charge is 0.455 e. The van der Waals surface area contributed by atoms with Crippen molar-refractivity contribution in [2.24, 2.45) is 0 Å². The lowest BCUT2D eigenvalue weighted by Crippen LogP contribution is -2.00. The van der Waals surface area contributed by atoms with Gasteiger partial charge in [0, 0.05) is 32.8 Å². The predicted molar refractivity (Wildman–Crippen MR) is 222 cm³/mol. The molecule has 5 heteroatoms. The average molecular weight is 703 g/mol. The second kappa shape index (κ2) is 13.4. The lowest BCUT2D eigenvalue weighted by atomic mass is 9.94. The Bertz CT molecular complexity index is 3070. The van der Waals surface area contributed by atoms with Crippen LogP contribution in [0.25, 0.3) is 100 Å². The van der Waals surface area contributed by atoms with E-state index in [0.29, 0.717) is 23.0 Å². The lowest BCUT2D eigenvalue weighted by molar-refractivity contribution is 0.673. The van der Waals surface area contributed by atoms with E-state index in [1.54, 1.807) is 0 Å². The maximum Gasteiger partial charge on any atom is 0.164 e. The van der Waals surface area contributed by atoms with E-state index in [1.807, 2.05) is 91.0 Å². The summed E-state index contributed by atoms with van der Waals surface area (Å²) in [5, 5.41) is 14.0. The van der Waals surface area contributed by atoms with Crippen molar-refractivity contribution in [1.29, 1.82) is 5.26 Å². The number of rotatable bonds is 6. The zero-order chi connectivity index (χ0) is 36.7. The highest BCUT2D eigenvalue weighted by Gasteiger charge is 2.19. The molecule has 0 saturated carbocycles. The van der Waals surface area contributed by atoms with Gasteiger partial charge in [0.15, 0.2) is 17.5 Å². The number of hydrogen-bond acceptors (Lipinski definition) is 5. The van der Waals surface area contributed by atoms with Crippen LogP contribution in [-0.4, -0.2) is 15.0 Å². The Morgan fingerprint density at radius 1 is 0.400 bits per heavy atom. The summed E-state index contributed by atoms with van der Waals surface area (Å²) in [7, 11) is 0. The van der Waals surface area contributed by atoms with Gasteiger partial charge in [-0.1, -0.05) is 158 Å². The van der Waals surface area contributed by atoms with E-state index in [2.05, 4.69) is 97.1 Å². The molecule has 0 aliphatic heterocycles. The van der Waals surface area contributed by atoms with Gasteiger partial charge in [-0.05, 0) is 63.0 Å². The van der Waals surface area contributed by atoms with Crippen LogP contribution < -0.4 is 0 Å². The minimum absolute atomic E-state index is 0.548. The van der Waals surface area contributed by atoms with E-state index >= 15 is 0 Å². The van der Waals surface area contributed by atoms with Crippen molar-refractivity contribution in [3.8, 4) is 73.6 Å². The van der Waals surface area contributed by atoms with E-state index < -0.39 is 0 Å². The molecule has 2 aromatic heterocycles. The van der Waals surface area contributed by atoms with Gasteiger partial charge in [0.1, 0.15) is 11.2 Å². The molecule has 0 spiro atoms. The quantitative estimate of drug-likeness (QED) is 0.172. The molecule has 0 radical (unpaired) electrons. The van der Waals surface area contributed by atoms with Gasteiger partial charge < -0.3 is 4.42 Å². The third kappa shape index (κ3) is 5.79. The zero-order valence-corrected chi connectivity index (χ0v) is 29.5. The van der Waals surface area contributed by atoms with Gasteiger partial charge in [-0.2, -0.15) is 5.26 Å². The van der Waals surface area contributed by atoms with Gasteiger partial charge in [-0.15, -0.1) is 0 Å². The first-order valence-electron chi connectivity index (χ1n) is 18.2. The molecular formula is C50H30N4O. The molecule has 0 N–H and O–H groups in total. The fourth-order valence-electron chi connectivity index (χ4n) is 7.43. The Kier molecular flexibility index (Phi) is 7.79. The molecule has 0 atom stereocenters. The smallest absolute Gasteiger partial charge is 0.164 e. The fraction of sp³-hybridized carbons (Fsp3) is 0. The summed E-state index contributed by atoms with van der Waals surface area (Å²) in [5.74, 6) is 1.68. The van der Waals surface area contributed by atoms with Gasteiger partial charge in [0.2, 0.25) is 0 Å². The first-order chi connectivity index (χ1) is 27.2. The first-order valence-corrected chi connectivity index (χ1v) is 18.2. The van der Waals surface area contributed by atoms with Crippen LogP contribution >= 0.6 is 0 Å². The molecule has 10 rings (SSSR count). The molecule has 10 aromatic rings. The molecule has 0 aliphatic carbocycles. The maximum atomic E-state index is 9.67. The van der Waals surface area contributed by atoms with Gasteiger partial charge in [0.25, 0.3) is 0 Å². The summed E-state index contributed by atoms with van der Waals surface area (Å²) in [6.45, 7) is 0. The van der Waals surface area contributed by atoms with Gasteiger partial charge >= 0.3 is 0 Å². The van der Waals surface area contributed by atoms with Crippen LogP contribution in [0, 0.1) is 11.3 Å². The molecular weight excluding hydrogens is 673 g/mol. The van der Waals surface area contributed by atoms with Crippen LogP contribution in [0.15, 0.2) is 186 Å². The Hall–Kier alpha value is -7.68. The van der Waals surface area contributed by atoms with Crippen molar-refractivity contribution >= 4 is 32.7 Å². The predicted octanol–water partition coefficient (Wildman–Crippen LogP) is 12.8. The third-order valence-electron chi connectivity index (χ3n) is 10.2. The number of fused-ring (bicyclic) bond motifs is 5. The van der Waals surface area contributed by atoms with E-state index in [1.165, 1.54) is 11.1 Å². The standard InChI is InChI=1S/C50H30N4O/c51-31-40-16-8-9-17-41(40)34-23-25-37(26-24-34)49-52-48(36-13-5-2-6-14-36)53-50(54-49)39-27-28-43-45(30-39)55-47-42-18-10-7-15-38(42)29-44(46(43)47)35-21-19-33(20-22-35)32-11-3-1-4-12-32/h1-30H. The van der Waals surface area contributed by atoms with Crippen LogP contribution in [0.1, 0.15) is 5.56 Å². The topological polar surface area (TPSA) is 75.6 Å². The normalized spacial score (nSPS) is 11.3. The molecule has 55 heavy (non-hydrogen) atoms. The summed E-state index contributed by atoms with van der Waals surface area (Å²) < 4.78 is 6.79. The van der Waals surface area contributed by atoms with Crippen LogP contribution in [0.4, 0.5) is 0 Å². The Balaban J connectivity index is 1.11. The average Bonchev–Trinajstić information content (AvgIpc) is 3.66. The summed E-state index contributed by atoms with van der Waals surface area (Å²) >= 11 is 0. The summed E-state index contributed by atoms with van der Waals surface area (Å²) in [6, 6.07) is 64.0. The van der Waals surface area contributed by atoms with E-state index in [9.17, 15) is 5.26 Å². The maximum absolute atomic E-state index is 9.67. The Morgan fingerprint density at radius 3 is 1.62 bits per heavy atom. The lowest BCUT2D eigenvalue weighted by Gasteiger charge is -2.10. The van der Waals surface area contributed by atoms with Gasteiger partial charge in [-0.3, -0.25) is 0 Å². The van der Waals surface area contributed by atoms with Crippen molar-refractivity contribution in [2.45, 2.75) is 0 Å². The summed E-state index contributed by atoms with van der Waals surface area (Å²) in [5.41, 5.74) is 11.3. The third-order valence-corrected chi connectivity index (χ3v) is 10.2. The molecule has 0 saturated heterocycles. The van der Waals surface area contributed by atoms with Crippen molar-refractivity contribution in [3.63, 3.8) is 0 Å². The highest BCUT2D eigenvalue weighted by Crippen LogP contribution is 2.42. The van der Waals surface area contributed by atoms with Crippen molar-refractivity contribution in [3.05, 3.63) is 188 Å². The molecule has 2 heterocycles. The molecule has 0 bridgehead atoms. The number of nitriles is 1. The SMILES string of the molecule is N#Cc1ccccc1-c1ccc(-c2nc(-c3ccccc3)nc(-c3ccc4c(c3)oc3c5ccccc5cc(-c5ccc(-c6ccccc6)cc5)c43)n2)cc1. The highest BCUT2D eigenvalue weighted by molar-refractivity contribution is 6.21. The minimum Gasteiger partial charge on any atom is -0.455 e. The number of benzene rings is 8. The molecule has 0 amide bonds. The second-order valence-electron chi connectivity index (χ2n) is 13.5. The van der Waals surface area contributed by atoms with Crippen molar-refractivity contribution in [2.75, 3.05) is 0 Å². The summed E-state index contributed by atoms with van der Waals surface area (Å²) in [6.07, 6.45) is 0. The van der Waals surface area contributed by atoms with Crippen LogP contribution in [0.3, 0.4) is 0 Å². The molecule has 0 aliphatic rings. The van der Waals surface area contributed by atoms with E-state index in [4.69, 9.17) is 19.4 Å². The van der Waals surface area contributed by atoms with Crippen LogP contribution in [0.2, 0.25) is 0 Å². The fourth-order valence-corrected chi connectivity index (χ4v) is 7.43. The highest BCUT2D eigenvalue weighted by atomic mass is 16.3. The number of aromatic nitrogens is 3. The van der Waals surface area contributed by atoms with Crippen LogP contribution in [0.5, 0.6) is 0 Å². The van der Waals surface area contributed by atoms with E-state index in [0.717, 1.165) is 71.7 Å². The Morgan fingerprint density at radius 2 is 0.909 bits per heavy atom. The van der Waals surface area contributed by atoms with Crippen LogP contribution in [-0.2, 0) is 0 Å². The van der Waals surface area contributed by atoms with Gasteiger partial charge in [-0.25, -0.2) is 15.0 Å². The first kappa shape index (κ1) is 32.0. The van der Waals surface area contributed by atoms with Crippen molar-refractivity contribution < 1.29 is 4.42 Å². The molecule has 0 fully saturated rings. The molecule has 0 unspecified atom stereocenters. The summed E-state index contributed by atoms with van der Waals surface area (Å²) in [4.78, 5) is 15.0. The number of nitrogens with zero attached hydrogens (tertiary/aromatic N) is 4. The van der Waals surface area contributed by atoms with E-state index in [-0.39, 0.29) is 0 Å².